The molecule has 3 atom stereocenters. The maximum absolute atomic E-state index is 6.23. The van der Waals surface area contributed by atoms with E-state index in [0.717, 1.165) is 22.8 Å². The van der Waals surface area contributed by atoms with Crippen molar-refractivity contribution in [3.8, 4) is 22.6 Å². The summed E-state index contributed by atoms with van der Waals surface area (Å²) in [6.45, 7) is 15.6. The molecule has 0 spiro atoms. The molecule has 7 heteroatoms. The third kappa shape index (κ3) is 6.90. The molecule has 1 aliphatic heterocycles. The zero-order valence-corrected chi connectivity index (χ0v) is 22.8. The summed E-state index contributed by atoms with van der Waals surface area (Å²) in [7, 11) is -1.56. The first-order valence-corrected chi connectivity index (χ1v) is 13.6. The van der Waals surface area contributed by atoms with E-state index in [4.69, 9.17) is 22.6 Å². The largest absolute Gasteiger partial charge is 0.449 e. The summed E-state index contributed by atoms with van der Waals surface area (Å²) in [5, 5.41) is 0. The molecular formula is C26H38O5P2. The molecule has 3 rings (SSSR count). The lowest BCUT2D eigenvalue weighted by atomic mass is 9.90. The van der Waals surface area contributed by atoms with Crippen LogP contribution < -0.4 is 9.05 Å². The van der Waals surface area contributed by atoms with Gasteiger partial charge in [0.05, 0.1) is 6.61 Å². The summed E-state index contributed by atoms with van der Waals surface area (Å²) in [6.07, 6.45) is 2.37. The van der Waals surface area contributed by atoms with Gasteiger partial charge in [-0.05, 0) is 58.1 Å². The summed E-state index contributed by atoms with van der Waals surface area (Å²) in [4.78, 5) is 0. The lowest BCUT2D eigenvalue weighted by Gasteiger charge is -2.29. The molecule has 0 radical (unpaired) electrons. The molecule has 2 aromatic carbocycles. The van der Waals surface area contributed by atoms with Gasteiger partial charge in [-0.25, -0.2) is 0 Å². The Morgan fingerprint density at radius 2 is 1.39 bits per heavy atom. The third-order valence-electron chi connectivity index (χ3n) is 6.37. The molecule has 2 aromatic rings. The predicted molar refractivity (Wildman–Crippen MR) is 138 cm³/mol. The molecule has 0 N–H and O–H groups in total. The number of para-hydroxylation sites is 2. The maximum atomic E-state index is 6.23. The zero-order valence-electron chi connectivity index (χ0n) is 20.9. The number of benzene rings is 2. The Morgan fingerprint density at radius 1 is 0.848 bits per heavy atom. The van der Waals surface area contributed by atoms with Crippen molar-refractivity contribution in [3.63, 3.8) is 0 Å². The molecule has 0 amide bonds. The monoisotopic (exact) mass is 492 g/mol. The molecule has 3 unspecified atom stereocenters. The van der Waals surface area contributed by atoms with E-state index in [-0.39, 0.29) is 9.03 Å². The van der Waals surface area contributed by atoms with Gasteiger partial charge >= 0.3 is 8.60 Å². The molecule has 0 saturated carbocycles. The Kier molecular flexibility index (Phi) is 9.17. The molecule has 1 heterocycles. The average molecular weight is 493 g/mol. The molecule has 0 aliphatic carbocycles. The van der Waals surface area contributed by atoms with Crippen molar-refractivity contribution in [2.75, 3.05) is 6.61 Å². The van der Waals surface area contributed by atoms with E-state index < -0.39 is 19.8 Å². The number of hydrogen-bond donors (Lipinski definition) is 0. The summed E-state index contributed by atoms with van der Waals surface area (Å²) in [5.74, 6) is 2.71. The van der Waals surface area contributed by atoms with Crippen LogP contribution in [0.5, 0.6) is 11.5 Å². The van der Waals surface area contributed by atoms with Crippen LogP contribution in [-0.4, -0.2) is 17.8 Å². The van der Waals surface area contributed by atoms with Crippen LogP contribution in [0.1, 0.15) is 61.3 Å². The molecule has 0 aromatic heterocycles. The van der Waals surface area contributed by atoms with Crippen molar-refractivity contribution in [3.05, 3.63) is 48.5 Å². The number of hydrogen-bond acceptors (Lipinski definition) is 5. The van der Waals surface area contributed by atoms with Gasteiger partial charge in [0.2, 0.25) is 9.03 Å². The average Bonchev–Trinajstić information content (AvgIpc) is 2.97. The number of rotatable bonds is 11. The van der Waals surface area contributed by atoms with Gasteiger partial charge in [-0.2, -0.15) is 0 Å². The topological polar surface area (TPSA) is 46.2 Å². The van der Waals surface area contributed by atoms with Gasteiger partial charge in [0.25, 0.3) is 0 Å². The van der Waals surface area contributed by atoms with Crippen LogP contribution in [0, 0.1) is 11.8 Å². The van der Waals surface area contributed by atoms with Crippen LogP contribution in [0.3, 0.4) is 0 Å². The van der Waals surface area contributed by atoms with E-state index in [0.29, 0.717) is 18.3 Å². The second kappa shape index (κ2) is 11.5. The first-order chi connectivity index (χ1) is 15.6. The van der Waals surface area contributed by atoms with Gasteiger partial charge in [0.1, 0.15) is 22.7 Å². The second-order valence-electron chi connectivity index (χ2n) is 9.86. The van der Waals surface area contributed by atoms with E-state index in [2.05, 4.69) is 20.8 Å². The molecular weight excluding hydrogens is 454 g/mol. The Hall–Kier alpha value is -1.22. The minimum atomic E-state index is -1.51. The van der Waals surface area contributed by atoms with Gasteiger partial charge in [-0.1, -0.05) is 63.6 Å². The van der Waals surface area contributed by atoms with Crippen molar-refractivity contribution in [1.82, 2.24) is 0 Å². The second-order valence-corrected chi connectivity index (χ2v) is 11.5. The van der Waals surface area contributed by atoms with Crippen LogP contribution in [0.15, 0.2) is 48.5 Å². The first kappa shape index (κ1) is 26.4. The van der Waals surface area contributed by atoms with E-state index in [1.165, 1.54) is 12.8 Å². The van der Waals surface area contributed by atoms with Crippen molar-refractivity contribution < 1.29 is 22.6 Å². The van der Waals surface area contributed by atoms with Crippen LogP contribution in [0.4, 0.5) is 0 Å². The van der Waals surface area contributed by atoms with Gasteiger partial charge in [-0.15, -0.1) is 0 Å². The lowest BCUT2D eigenvalue weighted by Crippen LogP contribution is -2.41. The molecule has 33 heavy (non-hydrogen) atoms. The minimum absolute atomic E-state index is 0.0575. The van der Waals surface area contributed by atoms with E-state index in [1.807, 2.05) is 76.2 Å². The summed E-state index contributed by atoms with van der Waals surface area (Å²) in [6, 6.07) is 15.9. The molecule has 1 saturated heterocycles. The summed E-state index contributed by atoms with van der Waals surface area (Å²) >= 11 is 0. The minimum Gasteiger partial charge on any atom is -0.449 e. The zero-order chi connectivity index (χ0) is 24.1. The van der Waals surface area contributed by atoms with Crippen LogP contribution >= 0.6 is 17.6 Å². The molecule has 5 nitrogen and oxygen atoms in total. The molecule has 1 aliphatic rings. The predicted octanol–water partition coefficient (Wildman–Crippen LogP) is 8.54. The van der Waals surface area contributed by atoms with Crippen LogP contribution in [0.2, 0.25) is 0 Å². The Balaban J connectivity index is 1.67. The Morgan fingerprint density at radius 3 is 2.00 bits per heavy atom. The normalized spacial score (nSPS) is 19.6. The first-order valence-electron chi connectivity index (χ1n) is 11.7. The SMILES string of the molecule is CCC(C)CC(C)COPOc1ccccc1-c1ccccc1OP1OC(C)(C)C(C)(C)O1. The highest BCUT2D eigenvalue weighted by atomic mass is 31.2. The smallest absolute Gasteiger partial charge is 0.398 e. The molecule has 1 fully saturated rings. The van der Waals surface area contributed by atoms with Crippen molar-refractivity contribution in [2.45, 2.75) is 72.5 Å². The van der Waals surface area contributed by atoms with Gasteiger partial charge < -0.3 is 13.6 Å². The fourth-order valence-electron chi connectivity index (χ4n) is 3.45. The van der Waals surface area contributed by atoms with Crippen LogP contribution in [-0.2, 0) is 13.6 Å². The van der Waals surface area contributed by atoms with Crippen molar-refractivity contribution in [1.29, 1.82) is 0 Å². The highest BCUT2D eigenvalue weighted by Gasteiger charge is 2.52. The van der Waals surface area contributed by atoms with Crippen molar-refractivity contribution in [2.24, 2.45) is 11.8 Å². The van der Waals surface area contributed by atoms with Gasteiger partial charge in [0, 0.05) is 11.1 Å². The highest BCUT2D eigenvalue weighted by molar-refractivity contribution is 7.42. The van der Waals surface area contributed by atoms with E-state index in [1.54, 1.807) is 0 Å². The summed E-state index contributed by atoms with van der Waals surface area (Å²) < 4.78 is 30.3. The van der Waals surface area contributed by atoms with E-state index in [9.17, 15) is 0 Å². The lowest BCUT2D eigenvalue weighted by molar-refractivity contribution is 0.00578. The van der Waals surface area contributed by atoms with Gasteiger partial charge in [-0.3, -0.25) is 9.05 Å². The third-order valence-corrected chi connectivity index (χ3v) is 8.52. The molecule has 0 bridgehead atoms. The fraction of sp³-hybridized carbons (Fsp3) is 0.538. The molecule has 182 valence electrons. The van der Waals surface area contributed by atoms with E-state index >= 15 is 0 Å². The Labute approximate surface area is 202 Å². The highest BCUT2D eigenvalue weighted by Crippen LogP contribution is 2.59. The van der Waals surface area contributed by atoms with Gasteiger partial charge in [0.15, 0.2) is 0 Å². The van der Waals surface area contributed by atoms with Crippen molar-refractivity contribution >= 4 is 17.6 Å². The fourth-order valence-corrected chi connectivity index (χ4v) is 5.74. The summed E-state index contributed by atoms with van der Waals surface area (Å²) in [5.41, 5.74) is 1.02. The Bertz CT molecular complexity index is 886. The van der Waals surface area contributed by atoms with Crippen LogP contribution in [0.25, 0.3) is 11.1 Å². The quantitative estimate of drug-likeness (QED) is 0.232. The maximum Gasteiger partial charge on any atom is 0.398 e. The standard InChI is InChI=1S/C26H38O5P2/c1-8-19(2)17-20(3)18-27-32-28-23-15-11-9-13-21(23)22-14-10-12-16-24(22)29-33-30-25(4,5)26(6,7)31-33/h9-16,19-20,32H,8,17-18H2,1-7H3.